The van der Waals surface area contributed by atoms with Gasteiger partial charge >= 0.3 is 5.97 Å². The van der Waals surface area contributed by atoms with E-state index in [9.17, 15) is 13.2 Å². The first kappa shape index (κ1) is 15.3. The second-order valence-corrected chi connectivity index (χ2v) is 9.25. The van der Waals surface area contributed by atoms with Gasteiger partial charge in [-0.25, -0.2) is 8.42 Å². The molecule has 3 atom stereocenters. The van der Waals surface area contributed by atoms with E-state index in [-0.39, 0.29) is 24.0 Å². The molecule has 0 aromatic heterocycles. The van der Waals surface area contributed by atoms with Gasteiger partial charge in [0.25, 0.3) is 0 Å². The van der Waals surface area contributed by atoms with Crippen LogP contribution in [0.1, 0.15) is 44.9 Å². The monoisotopic (exact) mass is 315 g/mol. The van der Waals surface area contributed by atoms with Crippen molar-refractivity contribution in [2.45, 2.75) is 57.0 Å². The Morgan fingerprint density at radius 3 is 2.57 bits per heavy atom. The molecule has 2 saturated carbocycles. The molecule has 2 aliphatic carbocycles. The topological polar surface area (TPSA) is 74.7 Å². The molecule has 5 nitrogen and oxygen atoms in total. The predicted octanol–water partition coefficient (Wildman–Crippen LogP) is 1.53. The quantitative estimate of drug-likeness (QED) is 0.851. The second kappa shape index (κ2) is 5.88. The minimum absolute atomic E-state index is 0.0178. The number of carbonyl (C=O) groups is 1. The van der Waals surface area contributed by atoms with E-state index < -0.39 is 15.8 Å². The Morgan fingerprint density at radius 1 is 1.14 bits per heavy atom. The van der Waals surface area contributed by atoms with Crippen LogP contribution in [-0.4, -0.2) is 54.5 Å². The van der Waals surface area contributed by atoms with E-state index in [4.69, 9.17) is 5.11 Å². The van der Waals surface area contributed by atoms with Crippen molar-refractivity contribution in [3.8, 4) is 0 Å². The van der Waals surface area contributed by atoms with E-state index in [0.717, 1.165) is 24.7 Å². The highest BCUT2D eigenvalue weighted by molar-refractivity contribution is 7.91. The number of carboxylic acids is 1. The minimum atomic E-state index is -3.07. The molecule has 120 valence electrons. The van der Waals surface area contributed by atoms with Crippen molar-refractivity contribution in [1.29, 1.82) is 0 Å². The third-order valence-electron chi connectivity index (χ3n) is 5.43. The molecule has 0 bridgehead atoms. The summed E-state index contributed by atoms with van der Waals surface area (Å²) in [4.78, 5) is 13.3. The maximum absolute atomic E-state index is 11.8. The maximum Gasteiger partial charge on any atom is 0.304 e. The molecule has 3 fully saturated rings. The Morgan fingerprint density at radius 2 is 1.90 bits per heavy atom. The van der Waals surface area contributed by atoms with Crippen molar-refractivity contribution >= 4 is 15.8 Å². The standard InChI is InChI=1S/C15H25NO4S/c17-15(18)9-14-10-21(19,20)7-6-16(14)13-3-1-2-12(8-13)11-4-5-11/h11-14H,1-10H2,(H,17,18). The van der Waals surface area contributed by atoms with Gasteiger partial charge in [-0.3, -0.25) is 9.69 Å². The summed E-state index contributed by atoms with van der Waals surface area (Å²) < 4.78 is 23.7. The molecule has 3 rings (SSSR count). The highest BCUT2D eigenvalue weighted by atomic mass is 32.2. The van der Waals surface area contributed by atoms with Gasteiger partial charge in [-0.15, -0.1) is 0 Å². The second-order valence-electron chi connectivity index (χ2n) is 7.02. The van der Waals surface area contributed by atoms with Crippen LogP contribution in [0.5, 0.6) is 0 Å². The molecule has 1 aliphatic heterocycles. The van der Waals surface area contributed by atoms with Crippen LogP contribution < -0.4 is 0 Å². The van der Waals surface area contributed by atoms with Gasteiger partial charge < -0.3 is 5.11 Å². The Balaban J connectivity index is 1.69. The largest absolute Gasteiger partial charge is 0.481 e. The zero-order valence-corrected chi connectivity index (χ0v) is 13.2. The van der Waals surface area contributed by atoms with Gasteiger partial charge in [0, 0.05) is 18.6 Å². The van der Waals surface area contributed by atoms with Crippen LogP contribution in [-0.2, 0) is 14.6 Å². The molecule has 1 N–H and O–H groups in total. The summed E-state index contributed by atoms with van der Waals surface area (Å²) in [6.07, 6.45) is 7.39. The summed E-state index contributed by atoms with van der Waals surface area (Å²) in [6, 6.07) is 0.0633. The number of hydrogen-bond acceptors (Lipinski definition) is 4. The molecule has 3 unspecified atom stereocenters. The summed E-state index contributed by atoms with van der Waals surface area (Å²) in [6.45, 7) is 0.516. The number of sulfone groups is 1. The fourth-order valence-electron chi connectivity index (χ4n) is 4.26. The Hall–Kier alpha value is -0.620. The Kier molecular flexibility index (Phi) is 4.28. The van der Waals surface area contributed by atoms with Crippen molar-refractivity contribution in [1.82, 2.24) is 4.90 Å². The first-order valence-corrected chi connectivity index (χ1v) is 9.95. The van der Waals surface area contributed by atoms with Gasteiger partial charge in [0.15, 0.2) is 9.84 Å². The first-order valence-electron chi connectivity index (χ1n) is 8.12. The molecule has 1 heterocycles. The maximum atomic E-state index is 11.8. The number of rotatable bonds is 4. The van der Waals surface area contributed by atoms with Crippen molar-refractivity contribution in [2.24, 2.45) is 11.8 Å². The van der Waals surface area contributed by atoms with Crippen LogP contribution in [0.4, 0.5) is 0 Å². The van der Waals surface area contributed by atoms with Gasteiger partial charge in [-0.2, -0.15) is 0 Å². The van der Waals surface area contributed by atoms with Gasteiger partial charge in [-0.1, -0.05) is 12.8 Å². The summed E-state index contributed by atoms with van der Waals surface area (Å²) in [5.74, 6) is 0.987. The molecule has 21 heavy (non-hydrogen) atoms. The Labute approximate surface area is 126 Å². The fraction of sp³-hybridized carbons (Fsp3) is 0.933. The normalized spacial score (nSPS) is 37.2. The number of carboxylic acid groups (broad SMARTS) is 1. The lowest BCUT2D eigenvalue weighted by Gasteiger charge is -2.43. The van der Waals surface area contributed by atoms with Crippen LogP contribution in [0, 0.1) is 11.8 Å². The van der Waals surface area contributed by atoms with Crippen molar-refractivity contribution < 1.29 is 18.3 Å². The molecule has 0 radical (unpaired) electrons. The summed E-state index contributed by atoms with van der Waals surface area (Å²) in [5, 5.41) is 9.08. The lowest BCUT2D eigenvalue weighted by Crippen LogP contribution is -2.54. The first-order chi connectivity index (χ1) is 9.94. The minimum Gasteiger partial charge on any atom is -0.481 e. The number of aliphatic carboxylic acids is 1. The van der Waals surface area contributed by atoms with Crippen molar-refractivity contribution in [2.75, 3.05) is 18.1 Å². The van der Waals surface area contributed by atoms with Gasteiger partial charge in [0.2, 0.25) is 0 Å². The fourth-order valence-corrected chi connectivity index (χ4v) is 5.81. The van der Waals surface area contributed by atoms with E-state index >= 15 is 0 Å². The molecular formula is C15H25NO4S. The summed E-state index contributed by atoms with van der Waals surface area (Å²) in [7, 11) is -3.07. The zero-order chi connectivity index (χ0) is 15.0. The third-order valence-corrected chi connectivity index (χ3v) is 7.13. The third kappa shape index (κ3) is 3.77. The van der Waals surface area contributed by atoms with E-state index in [1.54, 1.807) is 0 Å². The summed E-state index contributed by atoms with van der Waals surface area (Å²) >= 11 is 0. The molecule has 3 aliphatic rings. The van der Waals surface area contributed by atoms with Gasteiger partial charge in [-0.05, 0) is 37.5 Å². The zero-order valence-electron chi connectivity index (χ0n) is 12.4. The average molecular weight is 315 g/mol. The number of nitrogens with zero attached hydrogens (tertiary/aromatic N) is 1. The molecule has 1 saturated heterocycles. The van der Waals surface area contributed by atoms with E-state index in [1.165, 1.54) is 25.7 Å². The van der Waals surface area contributed by atoms with E-state index in [0.29, 0.717) is 12.6 Å². The van der Waals surface area contributed by atoms with Gasteiger partial charge in [0.05, 0.1) is 17.9 Å². The van der Waals surface area contributed by atoms with Crippen LogP contribution >= 0.6 is 0 Å². The van der Waals surface area contributed by atoms with E-state index in [1.807, 2.05) is 0 Å². The average Bonchev–Trinajstić information content (AvgIpc) is 3.21. The molecular weight excluding hydrogens is 290 g/mol. The smallest absolute Gasteiger partial charge is 0.304 e. The SMILES string of the molecule is O=C(O)CC1CS(=O)(=O)CCN1C1CCCC(C2CC2)C1. The molecule has 6 heteroatoms. The highest BCUT2D eigenvalue weighted by Crippen LogP contribution is 2.45. The van der Waals surface area contributed by atoms with Gasteiger partial charge in [0.1, 0.15) is 0 Å². The van der Waals surface area contributed by atoms with Crippen LogP contribution in [0.2, 0.25) is 0 Å². The summed E-state index contributed by atoms with van der Waals surface area (Å²) in [5.41, 5.74) is 0. The molecule has 0 spiro atoms. The molecule has 0 aromatic rings. The van der Waals surface area contributed by atoms with Crippen LogP contribution in [0.25, 0.3) is 0 Å². The van der Waals surface area contributed by atoms with Crippen molar-refractivity contribution in [3.05, 3.63) is 0 Å². The highest BCUT2D eigenvalue weighted by Gasteiger charge is 2.41. The van der Waals surface area contributed by atoms with Crippen LogP contribution in [0.15, 0.2) is 0 Å². The predicted molar refractivity (Wildman–Crippen MR) is 79.9 cm³/mol. The molecule has 0 aromatic carbocycles. The van der Waals surface area contributed by atoms with E-state index in [2.05, 4.69) is 4.90 Å². The van der Waals surface area contributed by atoms with Crippen molar-refractivity contribution in [3.63, 3.8) is 0 Å². The number of hydrogen-bond donors (Lipinski definition) is 1. The van der Waals surface area contributed by atoms with Crippen LogP contribution in [0.3, 0.4) is 0 Å². The lowest BCUT2D eigenvalue weighted by molar-refractivity contribution is -0.138. The Bertz CT molecular complexity index is 500. The molecule has 0 amide bonds. The lowest BCUT2D eigenvalue weighted by atomic mass is 9.81.